The summed E-state index contributed by atoms with van der Waals surface area (Å²) in [5, 5.41) is 4.04. The van der Waals surface area contributed by atoms with Crippen molar-refractivity contribution in [2.45, 2.75) is 33.7 Å². The number of hydrogen-bond donors (Lipinski definition) is 1. The van der Waals surface area contributed by atoms with Gasteiger partial charge in [0.2, 0.25) is 0 Å². The van der Waals surface area contributed by atoms with Crippen LogP contribution in [0.2, 0.25) is 0 Å². The van der Waals surface area contributed by atoms with E-state index in [1.807, 2.05) is 6.21 Å². The van der Waals surface area contributed by atoms with Crippen LogP contribution in [0.5, 0.6) is 0 Å². The molecule has 58 valence electrons. The zero-order valence-corrected chi connectivity index (χ0v) is 7.18. The fourth-order valence-corrected chi connectivity index (χ4v) is 1.42. The molecule has 1 aliphatic rings. The normalized spacial score (nSPS) is 32.4. The predicted molar refractivity (Wildman–Crippen MR) is 44.0 cm³/mol. The standard InChI is InChI=1S/C8H16N2/c1-6-7(5-9-10-6)8(2,3)4/h5-7,10H,1-4H3. The Kier molecular flexibility index (Phi) is 1.71. The molecule has 0 radical (unpaired) electrons. The molecule has 2 nitrogen and oxygen atoms in total. The Balaban J connectivity index is 2.64. The summed E-state index contributed by atoms with van der Waals surface area (Å²) in [5.74, 6) is 0.576. The summed E-state index contributed by atoms with van der Waals surface area (Å²) in [5.41, 5.74) is 3.39. The second-order valence-electron chi connectivity index (χ2n) is 4.09. The maximum Gasteiger partial charge on any atom is 0.0495 e. The molecule has 0 saturated carbocycles. The SMILES string of the molecule is CC1NN=CC1C(C)(C)C. The summed E-state index contributed by atoms with van der Waals surface area (Å²) in [6.45, 7) is 8.90. The predicted octanol–water partition coefficient (Wildman–Crippen LogP) is 1.63. The smallest absolute Gasteiger partial charge is 0.0495 e. The van der Waals surface area contributed by atoms with Gasteiger partial charge in [0.25, 0.3) is 0 Å². The van der Waals surface area contributed by atoms with E-state index >= 15 is 0 Å². The number of nitrogens with zero attached hydrogens (tertiary/aromatic N) is 1. The fourth-order valence-electron chi connectivity index (χ4n) is 1.42. The van der Waals surface area contributed by atoms with Crippen LogP contribution in [0.1, 0.15) is 27.7 Å². The van der Waals surface area contributed by atoms with Crippen molar-refractivity contribution in [2.24, 2.45) is 16.4 Å². The van der Waals surface area contributed by atoms with Gasteiger partial charge in [0, 0.05) is 18.2 Å². The Bertz CT molecular complexity index is 144. The first-order valence-corrected chi connectivity index (χ1v) is 3.80. The summed E-state index contributed by atoms with van der Waals surface area (Å²) in [7, 11) is 0. The summed E-state index contributed by atoms with van der Waals surface area (Å²) in [4.78, 5) is 0. The number of rotatable bonds is 0. The first-order valence-electron chi connectivity index (χ1n) is 3.80. The minimum absolute atomic E-state index is 0.340. The molecule has 0 spiro atoms. The highest BCUT2D eigenvalue weighted by atomic mass is 15.3. The van der Waals surface area contributed by atoms with E-state index in [0.717, 1.165) is 0 Å². The fraction of sp³-hybridized carbons (Fsp3) is 0.875. The van der Waals surface area contributed by atoms with E-state index in [9.17, 15) is 0 Å². The molecule has 2 heteroatoms. The van der Waals surface area contributed by atoms with Gasteiger partial charge in [-0.2, -0.15) is 5.10 Å². The third-order valence-corrected chi connectivity index (χ3v) is 2.05. The van der Waals surface area contributed by atoms with E-state index in [0.29, 0.717) is 17.4 Å². The summed E-state index contributed by atoms with van der Waals surface area (Å²) in [6, 6.07) is 0.500. The molecule has 1 rings (SSSR count). The largest absolute Gasteiger partial charge is 0.307 e. The quantitative estimate of drug-likeness (QED) is 0.543. The van der Waals surface area contributed by atoms with Gasteiger partial charge in [0.15, 0.2) is 0 Å². The van der Waals surface area contributed by atoms with Crippen LogP contribution in [-0.2, 0) is 0 Å². The Hall–Kier alpha value is -0.530. The number of hydrogen-bond acceptors (Lipinski definition) is 2. The molecule has 1 aliphatic heterocycles. The monoisotopic (exact) mass is 140 g/mol. The van der Waals surface area contributed by atoms with Crippen molar-refractivity contribution in [3.63, 3.8) is 0 Å². The molecule has 10 heavy (non-hydrogen) atoms. The van der Waals surface area contributed by atoms with Crippen LogP contribution in [-0.4, -0.2) is 12.3 Å². The van der Waals surface area contributed by atoms with E-state index in [1.165, 1.54) is 0 Å². The Morgan fingerprint density at radius 1 is 1.40 bits per heavy atom. The number of nitrogens with one attached hydrogen (secondary N) is 1. The molecule has 1 heterocycles. The molecular formula is C8H16N2. The van der Waals surface area contributed by atoms with Gasteiger partial charge in [-0.05, 0) is 12.3 Å². The van der Waals surface area contributed by atoms with Crippen molar-refractivity contribution in [3.8, 4) is 0 Å². The highest BCUT2D eigenvalue weighted by molar-refractivity contribution is 5.64. The van der Waals surface area contributed by atoms with Crippen molar-refractivity contribution >= 4 is 6.21 Å². The molecule has 0 amide bonds. The molecule has 2 atom stereocenters. The Morgan fingerprint density at radius 2 is 2.00 bits per heavy atom. The van der Waals surface area contributed by atoms with Crippen LogP contribution in [0.15, 0.2) is 5.10 Å². The summed E-state index contributed by atoms with van der Waals surface area (Å²) in [6.07, 6.45) is 2.02. The zero-order valence-electron chi connectivity index (χ0n) is 7.18. The lowest BCUT2D eigenvalue weighted by atomic mass is 9.78. The van der Waals surface area contributed by atoms with Gasteiger partial charge in [0.05, 0.1) is 0 Å². The zero-order chi connectivity index (χ0) is 7.78. The molecular weight excluding hydrogens is 124 g/mol. The molecule has 0 aromatic rings. The van der Waals surface area contributed by atoms with Crippen molar-refractivity contribution < 1.29 is 0 Å². The molecule has 0 fully saturated rings. The van der Waals surface area contributed by atoms with Gasteiger partial charge in [0.1, 0.15) is 0 Å². The molecule has 0 saturated heterocycles. The second-order valence-corrected chi connectivity index (χ2v) is 4.09. The van der Waals surface area contributed by atoms with Gasteiger partial charge in [-0.15, -0.1) is 0 Å². The maximum atomic E-state index is 4.04. The molecule has 0 aliphatic carbocycles. The maximum absolute atomic E-state index is 4.04. The van der Waals surface area contributed by atoms with Crippen LogP contribution in [0.3, 0.4) is 0 Å². The van der Waals surface area contributed by atoms with Crippen LogP contribution in [0, 0.1) is 11.3 Å². The second kappa shape index (κ2) is 2.26. The average molecular weight is 140 g/mol. The van der Waals surface area contributed by atoms with Crippen LogP contribution in [0.25, 0.3) is 0 Å². The number of hydrazone groups is 1. The van der Waals surface area contributed by atoms with Crippen LogP contribution >= 0.6 is 0 Å². The van der Waals surface area contributed by atoms with Gasteiger partial charge >= 0.3 is 0 Å². The van der Waals surface area contributed by atoms with E-state index in [2.05, 4.69) is 38.2 Å². The van der Waals surface area contributed by atoms with Crippen LogP contribution < -0.4 is 5.43 Å². The lowest BCUT2D eigenvalue weighted by molar-refractivity contribution is 0.278. The van der Waals surface area contributed by atoms with Gasteiger partial charge in [-0.25, -0.2) is 0 Å². The minimum Gasteiger partial charge on any atom is -0.307 e. The Labute approximate surface area is 62.7 Å². The van der Waals surface area contributed by atoms with Crippen molar-refractivity contribution in [2.75, 3.05) is 0 Å². The Morgan fingerprint density at radius 3 is 2.20 bits per heavy atom. The molecule has 2 unspecified atom stereocenters. The van der Waals surface area contributed by atoms with Gasteiger partial charge < -0.3 is 5.43 Å². The van der Waals surface area contributed by atoms with Crippen molar-refractivity contribution in [1.29, 1.82) is 0 Å². The minimum atomic E-state index is 0.340. The highest BCUT2D eigenvalue weighted by Crippen LogP contribution is 2.28. The third kappa shape index (κ3) is 1.31. The van der Waals surface area contributed by atoms with Crippen molar-refractivity contribution in [1.82, 2.24) is 5.43 Å². The van der Waals surface area contributed by atoms with Crippen molar-refractivity contribution in [3.05, 3.63) is 0 Å². The first kappa shape index (κ1) is 7.58. The first-order chi connectivity index (χ1) is 4.52. The van der Waals surface area contributed by atoms with E-state index in [-0.39, 0.29) is 0 Å². The molecule has 1 N–H and O–H groups in total. The molecule has 0 aromatic carbocycles. The van der Waals surface area contributed by atoms with Gasteiger partial charge in [-0.3, -0.25) is 0 Å². The summed E-state index contributed by atoms with van der Waals surface area (Å²) < 4.78 is 0. The van der Waals surface area contributed by atoms with Gasteiger partial charge in [-0.1, -0.05) is 20.8 Å². The highest BCUT2D eigenvalue weighted by Gasteiger charge is 2.30. The topological polar surface area (TPSA) is 24.4 Å². The van der Waals surface area contributed by atoms with E-state index in [1.54, 1.807) is 0 Å². The van der Waals surface area contributed by atoms with E-state index < -0.39 is 0 Å². The lowest BCUT2D eigenvalue weighted by Gasteiger charge is -2.27. The molecule has 0 bridgehead atoms. The average Bonchev–Trinajstić information content (AvgIpc) is 2.11. The van der Waals surface area contributed by atoms with Crippen LogP contribution in [0.4, 0.5) is 0 Å². The third-order valence-electron chi connectivity index (χ3n) is 2.05. The molecule has 0 aromatic heterocycles. The summed E-state index contributed by atoms with van der Waals surface area (Å²) >= 11 is 0. The van der Waals surface area contributed by atoms with E-state index in [4.69, 9.17) is 0 Å². The lowest BCUT2D eigenvalue weighted by Crippen LogP contribution is -2.33.